The Bertz CT molecular complexity index is 812. The number of rotatable bonds is 3. The third kappa shape index (κ3) is 3.38. The largest absolute Gasteiger partial charge is 0.505 e. The number of aryl methyl sites for hydroxylation is 1. The Labute approximate surface area is 135 Å². The topological polar surface area (TPSA) is 68.5 Å². The Balaban J connectivity index is 2.87. The van der Waals surface area contributed by atoms with Gasteiger partial charge in [0.2, 0.25) is 0 Å². The predicted octanol–water partition coefficient (Wildman–Crippen LogP) is 3.24. The lowest BCUT2D eigenvalue weighted by Crippen LogP contribution is -2.32. The molecule has 0 unspecified atom stereocenters. The second-order valence-corrected chi connectivity index (χ2v) is 6.92. The molecule has 5 nitrogen and oxygen atoms in total. The Morgan fingerprint density at radius 3 is 2.48 bits per heavy atom. The summed E-state index contributed by atoms with van der Waals surface area (Å²) in [4.78, 5) is 25.2. The number of benzene rings is 1. The van der Waals surface area contributed by atoms with Gasteiger partial charge in [-0.2, -0.15) is 0 Å². The highest BCUT2D eigenvalue weighted by Gasteiger charge is 2.25. The van der Waals surface area contributed by atoms with Crippen molar-refractivity contribution in [2.45, 2.75) is 41.2 Å². The van der Waals surface area contributed by atoms with Crippen LogP contribution in [0.4, 0.5) is 0 Å². The number of aromatic hydroxyl groups is 1. The molecule has 23 heavy (non-hydrogen) atoms. The maximum atomic E-state index is 12.8. The van der Waals surface area contributed by atoms with Crippen molar-refractivity contribution in [2.75, 3.05) is 6.61 Å². The minimum absolute atomic E-state index is 0.0788. The van der Waals surface area contributed by atoms with E-state index >= 15 is 0 Å². The van der Waals surface area contributed by atoms with Crippen LogP contribution in [0.25, 0.3) is 10.8 Å². The minimum Gasteiger partial charge on any atom is -0.505 e. The van der Waals surface area contributed by atoms with Crippen molar-refractivity contribution in [2.24, 2.45) is 5.41 Å². The number of esters is 1. The lowest BCUT2D eigenvalue weighted by Gasteiger charge is -2.23. The average Bonchev–Trinajstić information content (AvgIpc) is 2.43. The van der Waals surface area contributed by atoms with E-state index in [1.807, 2.05) is 33.8 Å². The smallest absolute Gasteiger partial charge is 0.358 e. The van der Waals surface area contributed by atoms with Crippen LogP contribution in [-0.4, -0.2) is 22.2 Å². The fourth-order valence-corrected chi connectivity index (χ4v) is 2.57. The summed E-state index contributed by atoms with van der Waals surface area (Å²) in [6, 6.07) is 5.20. The lowest BCUT2D eigenvalue weighted by molar-refractivity contribution is 0.0505. The number of pyridine rings is 1. The summed E-state index contributed by atoms with van der Waals surface area (Å²) < 4.78 is 6.36. The molecule has 124 valence electrons. The van der Waals surface area contributed by atoms with Gasteiger partial charge >= 0.3 is 5.97 Å². The van der Waals surface area contributed by atoms with E-state index in [9.17, 15) is 14.7 Å². The van der Waals surface area contributed by atoms with Gasteiger partial charge < -0.3 is 9.84 Å². The van der Waals surface area contributed by atoms with Gasteiger partial charge in [-0.3, -0.25) is 9.36 Å². The summed E-state index contributed by atoms with van der Waals surface area (Å²) in [5, 5.41) is 11.4. The molecule has 1 heterocycles. The first kappa shape index (κ1) is 17.1. The van der Waals surface area contributed by atoms with Crippen LogP contribution in [0.1, 0.15) is 43.7 Å². The number of hydrogen-bond acceptors (Lipinski definition) is 4. The zero-order valence-corrected chi connectivity index (χ0v) is 14.3. The van der Waals surface area contributed by atoms with Crippen molar-refractivity contribution in [3.8, 4) is 5.75 Å². The fraction of sp³-hybridized carbons (Fsp3) is 0.444. The van der Waals surface area contributed by atoms with Gasteiger partial charge in [0.15, 0.2) is 11.4 Å². The van der Waals surface area contributed by atoms with E-state index in [4.69, 9.17) is 4.74 Å². The number of aromatic nitrogens is 1. The van der Waals surface area contributed by atoms with Crippen molar-refractivity contribution in [3.63, 3.8) is 0 Å². The molecule has 0 aliphatic rings. The van der Waals surface area contributed by atoms with Crippen LogP contribution in [0.5, 0.6) is 5.75 Å². The first-order chi connectivity index (χ1) is 10.7. The highest BCUT2D eigenvalue weighted by atomic mass is 16.5. The van der Waals surface area contributed by atoms with E-state index in [1.54, 1.807) is 19.1 Å². The Morgan fingerprint density at radius 1 is 1.26 bits per heavy atom. The fourth-order valence-electron chi connectivity index (χ4n) is 2.57. The van der Waals surface area contributed by atoms with E-state index in [0.717, 1.165) is 5.56 Å². The predicted molar refractivity (Wildman–Crippen MR) is 90.0 cm³/mol. The Hall–Kier alpha value is -2.30. The molecule has 0 fully saturated rings. The maximum Gasteiger partial charge on any atom is 0.358 e. The third-order valence-corrected chi connectivity index (χ3v) is 3.50. The molecule has 0 amide bonds. The van der Waals surface area contributed by atoms with Crippen LogP contribution in [0, 0.1) is 12.3 Å². The number of carbonyl (C=O) groups excluding carboxylic acids is 1. The first-order valence-electron chi connectivity index (χ1n) is 7.69. The Morgan fingerprint density at radius 2 is 1.91 bits per heavy atom. The average molecular weight is 317 g/mol. The zero-order valence-electron chi connectivity index (χ0n) is 14.3. The summed E-state index contributed by atoms with van der Waals surface area (Å²) in [5.41, 5.74) is 0.284. The van der Waals surface area contributed by atoms with Gasteiger partial charge in [0.1, 0.15) is 0 Å². The number of ether oxygens (including phenoxy) is 1. The monoisotopic (exact) mass is 317 g/mol. The van der Waals surface area contributed by atoms with E-state index < -0.39 is 5.97 Å². The van der Waals surface area contributed by atoms with Gasteiger partial charge in [-0.1, -0.05) is 32.4 Å². The second-order valence-electron chi connectivity index (χ2n) is 6.92. The molecule has 2 rings (SSSR count). The molecule has 0 aliphatic heterocycles. The molecule has 0 radical (unpaired) electrons. The summed E-state index contributed by atoms with van der Waals surface area (Å²) in [5.74, 6) is -0.888. The lowest BCUT2D eigenvalue weighted by atomic mass is 9.96. The van der Waals surface area contributed by atoms with E-state index in [0.29, 0.717) is 17.3 Å². The molecule has 0 saturated heterocycles. The minimum atomic E-state index is -0.685. The van der Waals surface area contributed by atoms with Gasteiger partial charge in [0.05, 0.1) is 12.0 Å². The quantitative estimate of drug-likeness (QED) is 0.882. The van der Waals surface area contributed by atoms with Gasteiger partial charge in [-0.05, 0) is 31.4 Å². The molecule has 0 saturated carbocycles. The number of nitrogens with zero attached hydrogens (tertiary/aromatic N) is 1. The molecule has 1 N–H and O–H groups in total. The third-order valence-electron chi connectivity index (χ3n) is 3.50. The van der Waals surface area contributed by atoms with Gasteiger partial charge in [-0.25, -0.2) is 4.79 Å². The van der Waals surface area contributed by atoms with Gasteiger partial charge in [0, 0.05) is 11.9 Å². The molecule has 0 atom stereocenters. The van der Waals surface area contributed by atoms with Crippen molar-refractivity contribution >= 4 is 16.7 Å². The maximum absolute atomic E-state index is 12.8. The molecule has 2 aromatic rings. The summed E-state index contributed by atoms with van der Waals surface area (Å²) >= 11 is 0. The highest BCUT2D eigenvalue weighted by Crippen LogP contribution is 2.29. The molecular weight excluding hydrogens is 294 g/mol. The molecule has 1 aromatic heterocycles. The summed E-state index contributed by atoms with van der Waals surface area (Å²) in [6.07, 6.45) is 0. The SMILES string of the molecule is CCOC(=O)c1c(O)c2cc(C)ccc2c(=O)n1CC(C)(C)C. The van der Waals surface area contributed by atoms with Crippen molar-refractivity contribution in [1.82, 2.24) is 4.57 Å². The molecule has 0 spiro atoms. The van der Waals surface area contributed by atoms with E-state index in [2.05, 4.69) is 0 Å². The first-order valence-corrected chi connectivity index (χ1v) is 7.69. The normalized spacial score (nSPS) is 11.7. The summed E-state index contributed by atoms with van der Waals surface area (Å²) in [7, 11) is 0. The van der Waals surface area contributed by atoms with Crippen LogP contribution in [0.2, 0.25) is 0 Å². The molecular formula is C18H23NO4. The van der Waals surface area contributed by atoms with Crippen LogP contribution in [0.3, 0.4) is 0 Å². The molecule has 1 aromatic carbocycles. The van der Waals surface area contributed by atoms with E-state index in [1.165, 1.54) is 4.57 Å². The molecule has 5 heteroatoms. The number of hydrogen-bond donors (Lipinski definition) is 1. The van der Waals surface area contributed by atoms with E-state index in [-0.39, 0.29) is 29.0 Å². The summed E-state index contributed by atoms with van der Waals surface area (Å²) in [6.45, 7) is 9.92. The van der Waals surface area contributed by atoms with Crippen LogP contribution >= 0.6 is 0 Å². The Kier molecular flexibility index (Phi) is 4.50. The van der Waals surface area contributed by atoms with Gasteiger partial charge in [-0.15, -0.1) is 0 Å². The van der Waals surface area contributed by atoms with Crippen molar-refractivity contribution in [1.29, 1.82) is 0 Å². The van der Waals surface area contributed by atoms with Crippen LogP contribution in [-0.2, 0) is 11.3 Å². The highest BCUT2D eigenvalue weighted by molar-refractivity contribution is 5.99. The molecule has 0 aliphatic carbocycles. The second kappa shape index (κ2) is 6.07. The van der Waals surface area contributed by atoms with Crippen molar-refractivity contribution in [3.05, 3.63) is 39.8 Å². The number of carbonyl (C=O) groups is 1. The van der Waals surface area contributed by atoms with Crippen LogP contribution in [0.15, 0.2) is 23.0 Å². The van der Waals surface area contributed by atoms with Gasteiger partial charge in [0.25, 0.3) is 5.56 Å². The van der Waals surface area contributed by atoms with Crippen molar-refractivity contribution < 1.29 is 14.6 Å². The molecule has 0 bridgehead atoms. The van der Waals surface area contributed by atoms with Crippen LogP contribution < -0.4 is 5.56 Å². The number of fused-ring (bicyclic) bond motifs is 1. The standard InChI is InChI=1S/C18H23NO4/c1-6-23-17(22)14-15(20)13-9-11(2)7-8-12(13)16(21)19(14)10-18(3,4)5/h7-9,20H,6,10H2,1-5H3. The zero-order chi connectivity index (χ0) is 17.4.